The van der Waals surface area contributed by atoms with Crippen molar-refractivity contribution in [3.05, 3.63) is 70.8 Å². The molecule has 0 bridgehead atoms. The number of thiophene rings is 1. The van der Waals surface area contributed by atoms with Gasteiger partial charge in [-0.2, -0.15) is 0 Å². The standard InChI is InChI=1S/C17H9FN2O3S/c1-19-12-9-10(13-5-6-14(24-13)17(21)22)8-11(18)16(12)23-15-4-2-3-7-20-15/h2-9H,(H,21,22). The van der Waals surface area contributed by atoms with Gasteiger partial charge in [-0.1, -0.05) is 6.07 Å². The maximum absolute atomic E-state index is 14.4. The van der Waals surface area contributed by atoms with Gasteiger partial charge in [0.05, 0.1) is 6.57 Å². The number of halogens is 1. The van der Waals surface area contributed by atoms with Crippen LogP contribution in [0.5, 0.6) is 11.6 Å². The molecule has 0 radical (unpaired) electrons. The van der Waals surface area contributed by atoms with E-state index in [0.717, 1.165) is 11.3 Å². The van der Waals surface area contributed by atoms with Crippen molar-refractivity contribution in [3.63, 3.8) is 0 Å². The predicted molar refractivity (Wildman–Crippen MR) is 87.2 cm³/mol. The van der Waals surface area contributed by atoms with E-state index in [1.54, 1.807) is 24.3 Å². The lowest BCUT2D eigenvalue weighted by molar-refractivity contribution is 0.0702. The molecule has 3 rings (SSSR count). The summed E-state index contributed by atoms with van der Waals surface area (Å²) >= 11 is 1.01. The van der Waals surface area contributed by atoms with Crippen molar-refractivity contribution in [2.75, 3.05) is 0 Å². The van der Waals surface area contributed by atoms with Crippen molar-refractivity contribution in [3.8, 4) is 22.1 Å². The van der Waals surface area contributed by atoms with Crippen molar-refractivity contribution in [1.82, 2.24) is 4.98 Å². The molecule has 0 fully saturated rings. The van der Waals surface area contributed by atoms with Crippen LogP contribution in [-0.2, 0) is 0 Å². The van der Waals surface area contributed by atoms with Crippen molar-refractivity contribution in [1.29, 1.82) is 0 Å². The highest BCUT2D eigenvalue weighted by Crippen LogP contribution is 2.39. The highest BCUT2D eigenvalue weighted by atomic mass is 32.1. The van der Waals surface area contributed by atoms with Gasteiger partial charge in [-0.15, -0.1) is 11.3 Å². The molecule has 7 heteroatoms. The molecule has 1 N–H and O–H groups in total. The molecule has 0 aliphatic rings. The molecule has 0 aliphatic carbocycles. The molecule has 2 aromatic heterocycles. The zero-order chi connectivity index (χ0) is 17.1. The quantitative estimate of drug-likeness (QED) is 0.680. The molecular formula is C17H9FN2O3S. The minimum Gasteiger partial charge on any atom is -0.477 e. The van der Waals surface area contributed by atoms with E-state index in [4.69, 9.17) is 16.4 Å². The molecule has 0 spiro atoms. The van der Waals surface area contributed by atoms with Gasteiger partial charge in [0.2, 0.25) is 11.6 Å². The molecule has 0 unspecified atom stereocenters. The van der Waals surface area contributed by atoms with E-state index in [9.17, 15) is 9.18 Å². The summed E-state index contributed by atoms with van der Waals surface area (Å²) in [6.07, 6.45) is 1.50. The Balaban J connectivity index is 2.01. The zero-order valence-corrected chi connectivity index (χ0v) is 12.9. The molecule has 3 aromatic rings. The number of ether oxygens (including phenoxy) is 1. The second kappa shape index (κ2) is 6.48. The van der Waals surface area contributed by atoms with Crippen molar-refractivity contribution >= 4 is 23.0 Å². The Bertz CT molecular complexity index is 948. The van der Waals surface area contributed by atoms with Crippen LogP contribution >= 0.6 is 11.3 Å². The number of rotatable bonds is 4. The Morgan fingerprint density at radius 2 is 2.12 bits per heavy atom. The minimum atomic E-state index is -1.05. The summed E-state index contributed by atoms with van der Waals surface area (Å²) in [4.78, 5) is 18.9. The summed E-state index contributed by atoms with van der Waals surface area (Å²) in [5, 5.41) is 8.97. The molecule has 0 saturated carbocycles. The van der Waals surface area contributed by atoms with Crippen LogP contribution in [0.2, 0.25) is 0 Å². The number of nitrogens with zero attached hydrogens (tertiary/aromatic N) is 2. The third kappa shape index (κ3) is 3.09. The smallest absolute Gasteiger partial charge is 0.345 e. The maximum atomic E-state index is 14.4. The lowest BCUT2D eigenvalue weighted by Gasteiger charge is -2.09. The topological polar surface area (TPSA) is 63.8 Å². The summed E-state index contributed by atoms with van der Waals surface area (Å²) < 4.78 is 19.8. The molecule has 0 amide bonds. The van der Waals surface area contributed by atoms with Crippen LogP contribution in [0.3, 0.4) is 0 Å². The zero-order valence-electron chi connectivity index (χ0n) is 12.1. The highest BCUT2D eigenvalue weighted by Gasteiger charge is 2.17. The van der Waals surface area contributed by atoms with Crippen LogP contribution in [0, 0.1) is 12.4 Å². The Morgan fingerprint density at radius 3 is 2.75 bits per heavy atom. The molecule has 24 heavy (non-hydrogen) atoms. The van der Waals surface area contributed by atoms with E-state index < -0.39 is 11.8 Å². The summed E-state index contributed by atoms with van der Waals surface area (Å²) in [5.41, 5.74) is 0.408. The van der Waals surface area contributed by atoms with Gasteiger partial charge in [-0.3, -0.25) is 0 Å². The second-order valence-electron chi connectivity index (χ2n) is 4.66. The van der Waals surface area contributed by atoms with Gasteiger partial charge in [-0.25, -0.2) is 19.0 Å². The number of benzene rings is 1. The van der Waals surface area contributed by atoms with Crippen molar-refractivity contribution < 1.29 is 19.0 Å². The molecule has 0 atom stereocenters. The van der Waals surface area contributed by atoms with Crippen molar-refractivity contribution in [2.45, 2.75) is 0 Å². The lowest BCUT2D eigenvalue weighted by atomic mass is 10.1. The molecule has 2 heterocycles. The SMILES string of the molecule is [C-]#[N+]c1cc(-c2ccc(C(=O)O)s2)cc(F)c1Oc1ccccn1. The average Bonchev–Trinajstić information content (AvgIpc) is 3.08. The first-order valence-corrected chi connectivity index (χ1v) is 7.53. The van der Waals surface area contributed by atoms with Crippen LogP contribution in [-0.4, -0.2) is 16.1 Å². The maximum Gasteiger partial charge on any atom is 0.345 e. The number of pyridine rings is 1. The third-order valence-electron chi connectivity index (χ3n) is 3.09. The molecule has 118 valence electrons. The van der Waals surface area contributed by atoms with Gasteiger partial charge in [0.15, 0.2) is 11.6 Å². The fourth-order valence-electron chi connectivity index (χ4n) is 2.03. The fraction of sp³-hybridized carbons (Fsp3) is 0. The Hall–Kier alpha value is -3.24. The number of carboxylic acids is 1. The highest BCUT2D eigenvalue weighted by molar-refractivity contribution is 7.17. The summed E-state index contributed by atoms with van der Waals surface area (Å²) in [6, 6.07) is 10.6. The van der Waals surface area contributed by atoms with E-state index in [1.165, 1.54) is 24.4 Å². The minimum absolute atomic E-state index is 0.0130. The first kappa shape index (κ1) is 15.6. The third-order valence-corrected chi connectivity index (χ3v) is 4.21. The second-order valence-corrected chi connectivity index (χ2v) is 5.74. The van der Waals surface area contributed by atoms with Gasteiger partial charge in [0.25, 0.3) is 0 Å². The lowest BCUT2D eigenvalue weighted by Crippen LogP contribution is -1.91. The summed E-state index contributed by atoms with van der Waals surface area (Å²) in [5.74, 6) is -1.79. The van der Waals surface area contributed by atoms with E-state index in [1.807, 2.05) is 0 Å². The summed E-state index contributed by atoms with van der Waals surface area (Å²) in [6.45, 7) is 7.25. The number of hydrogen-bond donors (Lipinski definition) is 1. The van der Waals surface area contributed by atoms with Gasteiger partial charge < -0.3 is 9.84 Å². The molecular weight excluding hydrogens is 331 g/mol. The van der Waals surface area contributed by atoms with Crippen LogP contribution in [0.4, 0.5) is 10.1 Å². The Labute approximate surface area is 140 Å². The number of hydrogen-bond acceptors (Lipinski definition) is 4. The fourth-order valence-corrected chi connectivity index (χ4v) is 2.86. The predicted octanol–water partition coefficient (Wildman–Crippen LogP) is 4.99. The number of aromatic nitrogens is 1. The average molecular weight is 340 g/mol. The van der Waals surface area contributed by atoms with Crippen LogP contribution < -0.4 is 4.74 Å². The van der Waals surface area contributed by atoms with Gasteiger partial charge >= 0.3 is 5.97 Å². The monoisotopic (exact) mass is 340 g/mol. The van der Waals surface area contributed by atoms with Gasteiger partial charge in [-0.05, 0) is 35.9 Å². The largest absolute Gasteiger partial charge is 0.477 e. The molecule has 0 aliphatic heterocycles. The first-order chi connectivity index (χ1) is 11.6. The molecule has 1 aromatic carbocycles. The molecule has 5 nitrogen and oxygen atoms in total. The number of carbonyl (C=O) groups is 1. The Kier molecular flexibility index (Phi) is 4.22. The molecule has 0 saturated heterocycles. The van der Waals surface area contributed by atoms with Crippen molar-refractivity contribution in [2.24, 2.45) is 0 Å². The number of aromatic carboxylic acids is 1. The van der Waals surface area contributed by atoms with E-state index >= 15 is 0 Å². The van der Waals surface area contributed by atoms with Gasteiger partial charge in [0, 0.05) is 17.1 Å². The van der Waals surface area contributed by atoms with E-state index in [2.05, 4.69) is 9.83 Å². The number of carboxylic acid groups (broad SMARTS) is 1. The van der Waals surface area contributed by atoms with Crippen LogP contribution in [0.15, 0.2) is 48.7 Å². The van der Waals surface area contributed by atoms with Crippen LogP contribution in [0.25, 0.3) is 15.3 Å². The van der Waals surface area contributed by atoms with Gasteiger partial charge in [0.1, 0.15) is 4.88 Å². The van der Waals surface area contributed by atoms with E-state index in [0.29, 0.717) is 10.4 Å². The summed E-state index contributed by atoms with van der Waals surface area (Å²) in [7, 11) is 0. The van der Waals surface area contributed by atoms with E-state index in [-0.39, 0.29) is 22.2 Å². The van der Waals surface area contributed by atoms with Crippen LogP contribution in [0.1, 0.15) is 9.67 Å². The first-order valence-electron chi connectivity index (χ1n) is 6.72. The normalized spacial score (nSPS) is 10.2. The Morgan fingerprint density at radius 1 is 1.29 bits per heavy atom.